The second-order valence-electron chi connectivity index (χ2n) is 2.97. The molecule has 2 N–H and O–H groups in total. The van der Waals surface area contributed by atoms with Crippen LogP contribution in [-0.2, 0) is 12.8 Å². The Hall–Kier alpha value is -0.990. The molecular formula is C9H16N2O. The molecule has 68 valence electrons. The van der Waals surface area contributed by atoms with Crippen molar-refractivity contribution in [3.63, 3.8) is 0 Å². The van der Waals surface area contributed by atoms with E-state index in [1.54, 1.807) is 0 Å². The molecule has 0 saturated heterocycles. The van der Waals surface area contributed by atoms with Gasteiger partial charge in [0.1, 0.15) is 5.76 Å². The molecule has 0 radical (unpaired) electrons. The predicted molar refractivity (Wildman–Crippen MR) is 48.9 cm³/mol. The number of nitrogens with zero attached hydrogens (tertiary/aromatic N) is 1. The lowest BCUT2D eigenvalue weighted by Crippen LogP contribution is -1.94. The summed E-state index contributed by atoms with van der Waals surface area (Å²) in [5, 5.41) is 3.76. The molecule has 0 spiro atoms. The number of anilines is 1. The Morgan fingerprint density at radius 2 is 1.92 bits per heavy atom. The summed E-state index contributed by atoms with van der Waals surface area (Å²) in [6, 6.07) is 0. The summed E-state index contributed by atoms with van der Waals surface area (Å²) < 4.78 is 5.11. The summed E-state index contributed by atoms with van der Waals surface area (Å²) in [5.74, 6) is 1.54. The number of hydrogen-bond acceptors (Lipinski definition) is 3. The van der Waals surface area contributed by atoms with Crippen molar-refractivity contribution < 1.29 is 4.52 Å². The molecule has 1 rings (SSSR count). The molecule has 1 heterocycles. The fourth-order valence-electron chi connectivity index (χ4n) is 1.30. The predicted octanol–water partition coefficient (Wildman–Crippen LogP) is 2.16. The van der Waals surface area contributed by atoms with E-state index in [1.807, 2.05) is 0 Å². The van der Waals surface area contributed by atoms with Crippen molar-refractivity contribution >= 4 is 5.82 Å². The summed E-state index contributed by atoms with van der Waals surface area (Å²) in [4.78, 5) is 0. The van der Waals surface area contributed by atoms with Gasteiger partial charge in [-0.1, -0.05) is 25.4 Å². The second-order valence-corrected chi connectivity index (χ2v) is 2.97. The first-order chi connectivity index (χ1) is 5.79. The van der Waals surface area contributed by atoms with Crippen molar-refractivity contribution in [1.29, 1.82) is 0 Å². The molecule has 0 aliphatic carbocycles. The highest BCUT2D eigenvalue weighted by Gasteiger charge is 2.10. The van der Waals surface area contributed by atoms with Gasteiger partial charge in [0.15, 0.2) is 5.82 Å². The number of hydrogen-bond donors (Lipinski definition) is 1. The number of aromatic nitrogens is 1. The highest BCUT2D eigenvalue weighted by molar-refractivity contribution is 5.40. The first-order valence-electron chi connectivity index (χ1n) is 4.52. The lowest BCUT2D eigenvalue weighted by atomic mass is 10.1. The standard InChI is InChI=1S/C9H16N2O/c1-3-5-7-8(6-4-2)12-11-9(7)10/h3-6H2,1-2H3,(H2,10,11). The molecule has 0 aromatic carbocycles. The summed E-state index contributed by atoms with van der Waals surface area (Å²) in [7, 11) is 0. The molecule has 0 unspecified atom stereocenters. The Labute approximate surface area is 72.9 Å². The van der Waals surface area contributed by atoms with E-state index in [9.17, 15) is 0 Å². The molecule has 0 saturated carbocycles. The summed E-state index contributed by atoms with van der Waals surface area (Å²) in [5.41, 5.74) is 6.76. The quantitative estimate of drug-likeness (QED) is 0.749. The van der Waals surface area contributed by atoms with Crippen LogP contribution in [0.15, 0.2) is 4.52 Å². The molecule has 3 heteroatoms. The molecule has 0 atom stereocenters. The molecule has 12 heavy (non-hydrogen) atoms. The topological polar surface area (TPSA) is 52.0 Å². The number of rotatable bonds is 4. The van der Waals surface area contributed by atoms with Gasteiger partial charge in [-0.05, 0) is 12.8 Å². The fourth-order valence-corrected chi connectivity index (χ4v) is 1.30. The van der Waals surface area contributed by atoms with E-state index >= 15 is 0 Å². The zero-order valence-electron chi connectivity index (χ0n) is 7.76. The van der Waals surface area contributed by atoms with Crippen LogP contribution in [0.3, 0.4) is 0 Å². The maximum atomic E-state index is 5.65. The molecule has 0 aliphatic heterocycles. The van der Waals surface area contributed by atoms with Crippen LogP contribution in [-0.4, -0.2) is 5.16 Å². The molecule has 0 amide bonds. The van der Waals surface area contributed by atoms with Crippen molar-refractivity contribution in [1.82, 2.24) is 5.16 Å². The third kappa shape index (κ3) is 1.78. The number of aryl methyl sites for hydroxylation is 1. The molecule has 3 nitrogen and oxygen atoms in total. The highest BCUT2D eigenvalue weighted by atomic mass is 16.5. The van der Waals surface area contributed by atoms with Crippen molar-refractivity contribution in [2.75, 3.05) is 5.73 Å². The van der Waals surface area contributed by atoms with Crippen molar-refractivity contribution in [2.45, 2.75) is 39.5 Å². The van der Waals surface area contributed by atoms with Gasteiger partial charge in [0.2, 0.25) is 0 Å². The molecular weight excluding hydrogens is 152 g/mol. The van der Waals surface area contributed by atoms with E-state index in [0.717, 1.165) is 37.0 Å². The van der Waals surface area contributed by atoms with E-state index in [2.05, 4.69) is 19.0 Å². The van der Waals surface area contributed by atoms with Crippen LogP contribution in [0, 0.1) is 0 Å². The summed E-state index contributed by atoms with van der Waals surface area (Å²) >= 11 is 0. The van der Waals surface area contributed by atoms with Crippen LogP contribution < -0.4 is 5.73 Å². The fraction of sp³-hybridized carbons (Fsp3) is 0.667. The van der Waals surface area contributed by atoms with E-state index < -0.39 is 0 Å². The van der Waals surface area contributed by atoms with Gasteiger partial charge in [-0.25, -0.2) is 0 Å². The Morgan fingerprint density at radius 3 is 2.50 bits per heavy atom. The number of nitrogen functional groups attached to an aromatic ring is 1. The van der Waals surface area contributed by atoms with Gasteiger partial charge < -0.3 is 10.3 Å². The van der Waals surface area contributed by atoms with Crippen molar-refractivity contribution in [3.8, 4) is 0 Å². The third-order valence-corrected chi connectivity index (χ3v) is 1.88. The molecule has 0 aliphatic rings. The van der Waals surface area contributed by atoms with Gasteiger partial charge >= 0.3 is 0 Å². The van der Waals surface area contributed by atoms with Gasteiger partial charge in [-0.15, -0.1) is 0 Å². The molecule has 1 aromatic rings. The average Bonchev–Trinajstić information content (AvgIpc) is 2.37. The van der Waals surface area contributed by atoms with Gasteiger partial charge in [0, 0.05) is 12.0 Å². The van der Waals surface area contributed by atoms with Crippen LogP contribution in [0.25, 0.3) is 0 Å². The zero-order chi connectivity index (χ0) is 8.97. The Bertz CT molecular complexity index is 243. The van der Waals surface area contributed by atoms with E-state index in [-0.39, 0.29) is 0 Å². The molecule has 1 aromatic heterocycles. The maximum Gasteiger partial charge on any atom is 0.170 e. The SMILES string of the molecule is CCCc1onc(N)c1CCC. The Balaban J connectivity index is 2.80. The van der Waals surface area contributed by atoms with Crippen LogP contribution in [0.1, 0.15) is 38.0 Å². The summed E-state index contributed by atoms with van der Waals surface area (Å²) in [6.45, 7) is 4.25. The smallest absolute Gasteiger partial charge is 0.170 e. The monoisotopic (exact) mass is 168 g/mol. The third-order valence-electron chi connectivity index (χ3n) is 1.88. The lowest BCUT2D eigenvalue weighted by molar-refractivity contribution is 0.383. The summed E-state index contributed by atoms with van der Waals surface area (Å²) in [6.07, 6.45) is 4.08. The van der Waals surface area contributed by atoms with Gasteiger partial charge in [-0.3, -0.25) is 0 Å². The Kier molecular flexibility index (Phi) is 3.14. The molecule has 0 bridgehead atoms. The normalized spacial score (nSPS) is 10.5. The Morgan fingerprint density at radius 1 is 1.25 bits per heavy atom. The van der Waals surface area contributed by atoms with Crippen molar-refractivity contribution in [3.05, 3.63) is 11.3 Å². The van der Waals surface area contributed by atoms with E-state index in [4.69, 9.17) is 10.3 Å². The van der Waals surface area contributed by atoms with Crippen LogP contribution in [0.5, 0.6) is 0 Å². The zero-order valence-corrected chi connectivity index (χ0v) is 7.76. The maximum absolute atomic E-state index is 5.65. The number of nitrogens with two attached hydrogens (primary N) is 1. The minimum absolute atomic E-state index is 0.570. The minimum atomic E-state index is 0.570. The van der Waals surface area contributed by atoms with Gasteiger partial charge in [0.05, 0.1) is 0 Å². The minimum Gasteiger partial charge on any atom is -0.381 e. The highest BCUT2D eigenvalue weighted by Crippen LogP contribution is 2.19. The largest absolute Gasteiger partial charge is 0.381 e. The van der Waals surface area contributed by atoms with E-state index in [0.29, 0.717) is 5.82 Å². The van der Waals surface area contributed by atoms with Gasteiger partial charge in [0.25, 0.3) is 0 Å². The first-order valence-corrected chi connectivity index (χ1v) is 4.52. The lowest BCUT2D eigenvalue weighted by Gasteiger charge is -1.97. The van der Waals surface area contributed by atoms with Crippen LogP contribution in [0.2, 0.25) is 0 Å². The van der Waals surface area contributed by atoms with Gasteiger partial charge in [-0.2, -0.15) is 0 Å². The van der Waals surface area contributed by atoms with Crippen LogP contribution >= 0.6 is 0 Å². The molecule has 0 fully saturated rings. The van der Waals surface area contributed by atoms with Crippen LogP contribution in [0.4, 0.5) is 5.82 Å². The van der Waals surface area contributed by atoms with E-state index in [1.165, 1.54) is 0 Å². The van der Waals surface area contributed by atoms with Crippen molar-refractivity contribution in [2.24, 2.45) is 0 Å². The second kappa shape index (κ2) is 4.14. The average molecular weight is 168 g/mol. The first kappa shape index (κ1) is 9.10.